The predicted octanol–water partition coefficient (Wildman–Crippen LogP) is 2.26. The number of hydrogen-bond donors (Lipinski definition) is 2. The average molecular weight is 272 g/mol. The van der Waals surface area contributed by atoms with Gasteiger partial charge in [0, 0.05) is 16.9 Å². The standard InChI is InChI=1S/C14H20N6/c1-14(2)6-5-10(8-14)20-13(17-18-19-20)11-4-3-9(15)7-12(11)16/h3-4,7,10H,5-6,8,15-16H2,1-2H3. The lowest BCUT2D eigenvalue weighted by atomic mass is 9.92. The van der Waals surface area contributed by atoms with E-state index < -0.39 is 0 Å². The Bertz CT molecular complexity index is 630. The average Bonchev–Trinajstić information content (AvgIpc) is 2.95. The van der Waals surface area contributed by atoms with Gasteiger partial charge in [-0.2, -0.15) is 0 Å². The molecular formula is C14H20N6. The molecule has 1 fully saturated rings. The van der Waals surface area contributed by atoms with Crippen molar-refractivity contribution in [1.82, 2.24) is 20.2 Å². The van der Waals surface area contributed by atoms with Crippen molar-refractivity contribution in [3.8, 4) is 11.4 Å². The maximum Gasteiger partial charge on any atom is 0.184 e. The van der Waals surface area contributed by atoms with Crippen molar-refractivity contribution >= 4 is 11.4 Å². The van der Waals surface area contributed by atoms with Crippen LogP contribution in [0.1, 0.15) is 39.2 Å². The van der Waals surface area contributed by atoms with Crippen LogP contribution in [0.4, 0.5) is 11.4 Å². The fraction of sp³-hybridized carbons (Fsp3) is 0.500. The first-order chi connectivity index (χ1) is 9.46. The molecule has 6 nitrogen and oxygen atoms in total. The first-order valence-corrected chi connectivity index (χ1v) is 6.89. The second-order valence-electron chi connectivity index (χ2n) is 6.35. The fourth-order valence-corrected chi connectivity index (χ4v) is 3.01. The summed E-state index contributed by atoms with van der Waals surface area (Å²) in [6.07, 6.45) is 3.37. The molecule has 2 aromatic rings. The summed E-state index contributed by atoms with van der Waals surface area (Å²) in [5.74, 6) is 0.727. The topological polar surface area (TPSA) is 95.6 Å². The monoisotopic (exact) mass is 272 g/mol. The van der Waals surface area contributed by atoms with Gasteiger partial charge in [0.2, 0.25) is 0 Å². The highest BCUT2D eigenvalue weighted by atomic mass is 15.5. The lowest BCUT2D eigenvalue weighted by Gasteiger charge is -2.18. The van der Waals surface area contributed by atoms with Crippen molar-refractivity contribution in [2.24, 2.45) is 5.41 Å². The number of nitrogen functional groups attached to an aromatic ring is 2. The quantitative estimate of drug-likeness (QED) is 0.817. The molecule has 6 heteroatoms. The maximum atomic E-state index is 6.04. The zero-order valence-electron chi connectivity index (χ0n) is 11.9. The van der Waals surface area contributed by atoms with Crippen LogP contribution >= 0.6 is 0 Å². The van der Waals surface area contributed by atoms with E-state index in [1.807, 2.05) is 16.8 Å². The number of benzene rings is 1. The summed E-state index contributed by atoms with van der Waals surface area (Å²) in [7, 11) is 0. The largest absolute Gasteiger partial charge is 0.399 e. The third-order valence-corrected chi connectivity index (χ3v) is 4.10. The van der Waals surface area contributed by atoms with Crippen molar-refractivity contribution in [2.45, 2.75) is 39.2 Å². The molecule has 1 aliphatic carbocycles. The first-order valence-electron chi connectivity index (χ1n) is 6.89. The van der Waals surface area contributed by atoms with E-state index in [-0.39, 0.29) is 0 Å². The lowest BCUT2D eigenvalue weighted by Crippen LogP contribution is -2.12. The zero-order chi connectivity index (χ0) is 14.3. The fourth-order valence-electron chi connectivity index (χ4n) is 3.01. The van der Waals surface area contributed by atoms with E-state index in [9.17, 15) is 0 Å². The Hall–Kier alpha value is -2.11. The van der Waals surface area contributed by atoms with Crippen LogP contribution < -0.4 is 11.5 Å². The van der Waals surface area contributed by atoms with Crippen LogP contribution in [0.3, 0.4) is 0 Å². The number of nitrogens with two attached hydrogens (primary N) is 2. The number of nitrogens with zero attached hydrogens (tertiary/aromatic N) is 4. The van der Waals surface area contributed by atoms with E-state index in [0.29, 0.717) is 22.8 Å². The Kier molecular flexibility index (Phi) is 2.88. The molecule has 0 saturated heterocycles. The van der Waals surface area contributed by atoms with E-state index in [2.05, 4.69) is 29.4 Å². The highest BCUT2D eigenvalue weighted by molar-refractivity contribution is 5.74. The Morgan fingerprint density at radius 3 is 2.75 bits per heavy atom. The molecule has 0 amide bonds. The summed E-state index contributed by atoms with van der Waals surface area (Å²) in [6, 6.07) is 5.79. The summed E-state index contributed by atoms with van der Waals surface area (Å²) >= 11 is 0. The van der Waals surface area contributed by atoms with E-state index in [4.69, 9.17) is 11.5 Å². The highest BCUT2D eigenvalue weighted by Crippen LogP contribution is 2.44. The molecule has 0 spiro atoms. The summed E-state index contributed by atoms with van der Waals surface area (Å²) in [5, 5.41) is 12.2. The molecule has 1 unspecified atom stereocenters. The Balaban J connectivity index is 1.98. The Morgan fingerprint density at radius 1 is 1.30 bits per heavy atom. The highest BCUT2D eigenvalue weighted by Gasteiger charge is 2.34. The molecule has 1 aromatic heterocycles. The van der Waals surface area contributed by atoms with Crippen molar-refractivity contribution in [1.29, 1.82) is 0 Å². The molecule has 1 atom stereocenters. The molecule has 1 aliphatic rings. The number of rotatable bonds is 2. The van der Waals surface area contributed by atoms with Crippen molar-refractivity contribution in [3.05, 3.63) is 18.2 Å². The molecule has 0 aliphatic heterocycles. The minimum absolute atomic E-state index is 0.340. The summed E-state index contributed by atoms with van der Waals surface area (Å²) < 4.78 is 1.91. The smallest absolute Gasteiger partial charge is 0.184 e. The van der Waals surface area contributed by atoms with Crippen molar-refractivity contribution in [3.63, 3.8) is 0 Å². The number of anilines is 2. The van der Waals surface area contributed by atoms with Crippen LogP contribution in [0.2, 0.25) is 0 Å². The van der Waals surface area contributed by atoms with Gasteiger partial charge in [0.1, 0.15) is 0 Å². The molecule has 20 heavy (non-hydrogen) atoms. The van der Waals surface area contributed by atoms with Gasteiger partial charge in [0.15, 0.2) is 5.82 Å². The molecule has 1 aromatic carbocycles. The molecule has 106 valence electrons. The Labute approximate surface area is 118 Å². The second-order valence-corrected chi connectivity index (χ2v) is 6.35. The molecule has 3 rings (SSSR count). The van der Waals surface area contributed by atoms with Crippen LogP contribution in [-0.4, -0.2) is 20.2 Å². The summed E-state index contributed by atoms with van der Waals surface area (Å²) in [5.41, 5.74) is 14.2. The second kappa shape index (κ2) is 4.47. The van der Waals surface area contributed by atoms with Gasteiger partial charge >= 0.3 is 0 Å². The van der Waals surface area contributed by atoms with Crippen molar-refractivity contribution in [2.75, 3.05) is 11.5 Å². The van der Waals surface area contributed by atoms with Crippen LogP contribution in [0.25, 0.3) is 11.4 Å². The molecule has 1 heterocycles. The van der Waals surface area contributed by atoms with Crippen LogP contribution in [0.15, 0.2) is 18.2 Å². The molecular weight excluding hydrogens is 252 g/mol. The zero-order valence-corrected chi connectivity index (χ0v) is 11.9. The van der Waals surface area contributed by atoms with Crippen LogP contribution in [-0.2, 0) is 0 Å². The van der Waals surface area contributed by atoms with Crippen LogP contribution in [0.5, 0.6) is 0 Å². The Morgan fingerprint density at radius 2 is 2.10 bits per heavy atom. The third kappa shape index (κ3) is 2.21. The third-order valence-electron chi connectivity index (χ3n) is 4.10. The van der Waals surface area contributed by atoms with E-state index in [0.717, 1.165) is 24.2 Å². The normalized spacial score (nSPS) is 21.2. The predicted molar refractivity (Wildman–Crippen MR) is 78.7 cm³/mol. The summed E-state index contributed by atoms with van der Waals surface area (Å²) in [6.45, 7) is 4.57. The van der Waals surface area contributed by atoms with Crippen molar-refractivity contribution < 1.29 is 0 Å². The molecule has 1 saturated carbocycles. The van der Waals surface area contributed by atoms with Gasteiger partial charge in [-0.05, 0) is 53.3 Å². The minimum atomic E-state index is 0.340. The lowest BCUT2D eigenvalue weighted by molar-refractivity contribution is 0.349. The maximum absolute atomic E-state index is 6.04. The van der Waals surface area contributed by atoms with Gasteiger partial charge in [0.25, 0.3) is 0 Å². The number of tetrazole rings is 1. The molecule has 0 bridgehead atoms. The summed E-state index contributed by atoms with van der Waals surface area (Å²) in [4.78, 5) is 0. The molecule has 0 radical (unpaired) electrons. The van der Waals surface area contributed by atoms with Gasteiger partial charge in [-0.3, -0.25) is 0 Å². The molecule has 4 N–H and O–H groups in total. The van der Waals surface area contributed by atoms with Gasteiger partial charge in [0.05, 0.1) is 6.04 Å². The minimum Gasteiger partial charge on any atom is -0.399 e. The first kappa shape index (κ1) is 12.9. The number of aromatic nitrogens is 4. The van der Waals surface area contributed by atoms with Gasteiger partial charge in [-0.1, -0.05) is 13.8 Å². The SMILES string of the molecule is CC1(C)CCC(n2nnnc2-c2ccc(N)cc2N)C1. The van der Waals surface area contributed by atoms with E-state index in [1.165, 1.54) is 6.42 Å². The van der Waals surface area contributed by atoms with Gasteiger partial charge < -0.3 is 11.5 Å². The van der Waals surface area contributed by atoms with Crippen LogP contribution in [0, 0.1) is 5.41 Å². The van der Waals surface area contributed by atoms with E-state index >= 15 is 0 Å². The van der Waals surface area contributed by atoms with Gasteiger partial charge in [-0.25, -0.2) is 4.68 Å². The van der Waals surface area contributed by atoms with E-state index in [1.54, 1.807) is 6.07 Å². The number of hydrogen-bond acceptors (Lipinski definition) is 5. The van der Waals surface area contributed by atoms with Gasteiger partial charge in [-0.15, -0.1) is 5.10 Å².